The first-order chi connectivity index (χ1) is 13.0. The zero-order valence-electron chi connectivity index (χ0n) is 15.0. The quantitative estimate of drug-likeness (QED) is 0.585. The van der Waals surface area contributed by atoms with Crippen LogP contribution in [0.5, 0.6) is 11.5 Å². The molecule has 3 rings (SSSR count). The Balaban J connectivity index is 1.77. The van der Waals surface area contributed by atoms with E-state index in [1.807, 2.05) is 0 Å². The molecule has 0 radical (unpaired) electrons. The third-order valence-electron chi connectivity index (χ3n) is 5.04. The van der Waals surface area contributed by atoms with Gasteiger partial charge in [0.25, 0.3) is 0 Å². The minimum absolute atomic E-state index is 0.167. The van der Waals surface area contributed by atoms with Crippen LogP contribution in [0.2, 0.25) is 0 Å². The van der Waals surface area contributed by atoms with E-state index < -0.39 is 5.41 Å². The molecule has 138 valence electrons. The molecule has 0 amide bonds. The maximum absolute atomic E-state index is 12.9. The number of hydrogen-bond donors (Lipinski definition) is 2. The Bertz CT molecular complexity index is 798. The molecule has 2 aromatic carbocycles. The van der Waals surface area contributed by atoms with E-state index in [4.69, 9.17) is 0 Å². The standard InChI is InChI=1S/C23H22O4/c24-19-9-3-17(4-10-19)7-13-21(26)23(15-1-2-16-23)22(27)14-8-18-5-11-20(25)12-6-18/h3-14,24-25H,1-2,15-16H2/b13-7+,14-8+. The van der Waals surface area contributed by atoms with Crippen LogP contribution in [-0.2, 0) is 9.59 Å². The SMILES string of the molecule is O=C(/C=C/c1ccc(O)cc1)C1(C(=O)/C=C/c2ccc(O)cc2)CCCC1. The van der Waals surface area contributed by atoms with Crippen molar-refractivity contribution in [2.24, 2.45) is 5.41 Å². The summed E-state index contributed by atoms with van der Waals surface area (Å²) in [5.74, 6) is -0.0116. The number of allylic oxidation sites excluding steroid dienone is 2. The van der Waals surface area contributed by atoms with Crippen LogP contribution < -0.4 is 0 Å². The van der Waals surface area contributed by atoms with E-state index in [1.54, 1.807) is 60.7 Å². The molecule has 0 aromatic heterocycles. The summed E-state index contributed by atoms with van der Waals surface area (Å²) in [4.78, 5) is 25.8. The molecule has 0 atom stereocenters. The Kier molecular flexibility index (Phi) is 5.55. The third-order valence-corrected chi connectivity index (χ3v) is 5.04. The van der Waals surface area contributed by atoms with E-state index in [9.17, 15) is 19.8 Å². The second-order valence-corrected chi connectivity index (χ2v) is 6.87. The molecule has 2 aromatic rings. The zero-order valence-corrected chi connectivity index (χ0v) is 15.0. The van der Waals surface area contributed by atoms with E-state index >= 15 is 0 Å². The van der Waals surface area contributed by atoms with Crippen LogP contribution in [0.1, 0.15) is 36.8 Å². The fourth-order valence-corrected chi connectivity index (χ4v) is 3.43. The smallest absolute Gasteiger partial charge is 0.169 e. The molecule has 27 heavy (non-hydrogen) atoms. The monoisotopic (exact) mass is 362 g/mol. The summed E-state index contributed by atoms with van der Waals surface area (Å²) in [6.45, 7) is 0. The van der Waals surface area contributed by atoms with Gasteiger partial charge in [0.1, 0.15) is 11.5 Å². The highest BCUT2D eigenvalue weighted by atomic mass is 16.3. The molecule has 1 fully saturated rings. The van der Waals surface area contributed by atoms with Crippen molar-refractivity contribution in [1.82, 2.24) is 0 Å². The summed E-state index contributed by atoms with van der Waals surface area (Å²) in [5, 5.41) is 18.7. The van der Waals surface area contributed by atoms with Crippen molar-refractivity contribution in [2.45, 2.75) is 25.7 Å². The highest BCUT2D eigenvalue weighted by molar-refractivity contribution is 6.17. The van der Waals surface area contributed by atoms with Crippen molar-refractivity contribution in [3.8, 4) is 11.5 Å². The minimum atomic E-state index is -0.985. The van der Waals surface area contributed by atoms with Gasteiger partial charge in [-0.25, -0.2) is 0 Å². The number of ketones is 2. The lowest BCUT2D eigenvalue weighted by molar-refractivity contribution is -0.134. The van der Waals surface area contributed by atoms with Crippen LogP contribution in [0.15, 0.2) is 60.7 Å². The maximum Gasteiger partial charge on any atom is 0.169 e. The predicted octanol–water partition coefficient (Wildman–Crippen LogP) is 4.52. The van der Waals surface area contributed by atoms with E-state index in [0.29, 0.717) is 12.8 Å². The highest BCUT2D eigenvalue weighted by Gasteiger charge is 2.44. The lowest BCUT2D eigenvalue weighted by Gasteiger charge is -2.22. The second kappa shape index (κ2) is 8.04. The molecule has 0 spiro atoms. The number of phenolic OH excluding ortho intramolecular Hbond substituents is 2. The van der Waals surface area contributed by atoms with Crippen molar-refractivity contribution >= 4 is 23.7 Å². The van der Waals surface area contributed by atoms with E-state index in [0.717, 1.165) is 24.0 Å². The van der Waals surface area contributed by atoms with Crippen molar-refractivity contribution in [1.29, 1.82) is 0 Å². The van der Waals surface area contributed by atoms with Crippen LogP contribution >= 0.6 is 0 Å². The summed E-state index contributed by atoms with van der Waals surface area (Å²) in [6.07, 6.45) is 9.15. The molecule has 0 aliphatic heterocycles. The Hall–Kier alpha value is -3.14. The third kappa shape index (κ3) is 4.34. The second-order valence-electron chi connectivity index (χ2n) is 6.87. The Labute approximate surface area is 158 Å². The van der Waals surface area contributed by atoms with Crippen molar-refractivity contribution in [3.05, 3.63) is 71.8 Å². The Morgan fingerprint density at radius 2 is 1.07 bits per heavy atom. The summed E-state index contributed by atoms with van der Waals surface area (Å²) in [7, 11) is 0. The van der Waals surface area contributed by atoms with Gasteiger partial charge < -0.3 is 10.2 Å². The van der Waals surface area contributed by atoms with Crippen molar-refractivity contribution in [2.75, 3.05) is 0 Å². The van der Waals surface area contributed by atoms with E-state index in [2.05, 4.69) is 0 Å². The van der Waals surface area contributed by atoms with Gasteiger partial charge in [-0.3, -0.25) is 9.59 Å². The number of phenols is 2. The number of carbonyl (C=O) groups is 2. The predicted molar refractivity (Wildman–Crippen MR) is 105 cm³/mol. The summed E-state index contributed by atoms with van der Waals surface area (Å²) in [5.41, 5.74) is 0.601. The Morgan fingerprint density at radius 3 is 1.44 bits per heavy atom. The first-order valence-electron chi connectivity index (χ1n) is 9.03. The number of hydrogen-bond acceptors (Lipinski definition) is 4. The first kappa shape index (κ1) is 18.6. The average molecular weight is 362 g/mol. The topological polar surface area (TPSA) is 74.6 Å². The molecule has 0 bridgehead atoms. The number of aromatic hydroxyl groups is 2. The van der Waals surface area contributed by atoms with Crippen molar-refractivity contribution < 1.29 is 19.8 Å². The molecule has 4 heteroatoms. The minimum Gasteiger partial charge on any atom is -0.508 e. The van der Waals surface area contributed by atoms with E-state index in [1.165, 1.54) is 12.2 Å². The van der Waals surface area contributed by atoms with Gasteiger partial charge in [0.15, 0.2) is 11.6 Å². The lowest BCUT2D eigenvalue weighted by atomic mass is 9.77. The lowest BCUT2D eigenvalue weighted by Crippen LogP contribution is -2.34. The van der Waals surface area contributed by atoms with Gasteiger partial charge in [0.2, 0.25) is 0 Å². The van der Waals surface area contributed by atoms with Gasteiger partial charge in [-0.15, -0.1) is 0 Å². The fourth-order valence-electron chi connectivity index (χ4n) is 3.43. The van der Waals surface area contributed by atoms with Gasteiger partial charge in [-0.05, 0) is 60.4 Å². The number of rotatable bonds is 6. The molecular weight excluding hydrogens is 340 g/mol. The summed E-state index contributed by atoms with van der Waals surface area (Å²) >= 11 is 0. The van der Waals surface area contributed by atoms with Gasteiger partial charge in [0, 0.05) is 0 Å². The van der Waals surface area contributed by atoms with Crippen LogP contribution in [0.4, 0.5) is 0 Å². The van der Waals surface area contributed by atoms with Gasteiger partial charge >= 0.3 is 0 Å². The van der Waals surface area contributed by atoms with Crippen LogP contribution in [0.3, 0.4) is 0 Å². The molecule has 2 N–H and O–H groups in total. The van der Waals surface area contributed by atoms with Crippen LogP contribution in [0, 0.1) is 5.41 Å². The van der Waals surface area contributed by atoms with E-state index in [-0.39, 0.29) is 23.1 Å². The first-order valence-corrected chi connectivity index (χ1v) is 9.03. The van der Waals surface area contributed by atoms with Crippen LogP contribution in [0.25, 0.3) is 12.2 Å². The number of benzene rings is 2. The molecule has 4 nitrogen and oxygen atoms in total. The maximum atomic E-state index is 12.9. The molecule has 0 unspecified atom stereocenters. The molecule has 1 aliphatic rings. The molecule has 0 saturated heterocycles. The van der Waals surface area contributed by atoms with Gasteiger partial charge in [-0.2, -0.15) is 0 Å². The fraction of sp³-hybridized carbons (Fsp3) is 0.217. The van der Waals surface area contributed by atoms with Gasteiger partial charge in [-0.1, -0.05) is 49.3 Å². The average Bonchev–Trinajstić information content (AvgIpc) is 3.18. The Morgan fingerprint density at radius 1 is 0.704 bits per heavy atom. The zero-order chi connectivity index (χ0) is 19.3. The number of carbonyl (C=O) groups excluding carboxylic acids is 2. The molecular formula is C23H22O4. The molecule has 1 aliphatic carbocycles. The van der Waals surface area contributed by atoms with Gasteiger partial charge in [0.05, 0.1) is 5.41 Å². The van der Waals surface area contributed by atoms with Crippen LogP contribution in [-0.4, -0.2) is 21.8 Å². The highest BCUT2D eigenvalue weighted by Crippen LogP contribution is 2.41. The molecule has 0 heterocycles. The van der Waals surface area contributed by atoms with Crippen molar-refractivity contribution in [3.63, 3.8) is 0 Å². The normalized spacial score (nSPS) is 16.1. The largest absolute Gasteiger partial charge is 0.508 e. The summed E-state index contributed by atoms with van der Waals surface area (Å²) in [6, 6.07) is 13.1. The summed E-state index contributed by atoms with van der Waals surface area (Å²) < 4.78 is 0. The molecule has 1 saturated carbocycles.